The summed E-state index contributed by atoms with van der Waals surface area (Å²) in [6, 6.07) is 9.56. The molecule has 1 saturated carbocycles. The molecule has 1 aliphatic carbocycles. The van der Waals surface area contributed by atoms with Crippen LogP contribution < -0.4 is 5.32 Å². The lowest BCUT2D eigenvalue weighted by Gasteiger charge is -2.28. The van der Waals surface area contributed by atoms with Crippen molar-refractivity contribution < 1.29 is 14.7 Å². The number of carbonyl (C=O) groups excluding carboxylic acids is 1. The zero-order chi connectivity index (χ0) is 14.5. The van der Waals surface area contributed by atoms with Crippen molar-refractivity contribution in [3.63, 3.8) is 0 Å². The van der Waals surface area contributed by atoms with Crippen LogP contribution in [0.4, 0.5) is 0 Å². The molecule has 0 heterocycles. The predicted octanol–water partition coefficient (Wildman–Crippen LogP) is 2.55. The second-order valence-electron chi connectivity index (χ2n) is 5.53. The van der Waals surface area contributed by atoms with Crippen molar-refractivity contribution in [2.45, 2.75) is 44.6 Å². The highest BCUT2D eigenvalue weighted by Gasteiger charge is 2.28. The van der Waals surface area contributed by atoms with E-state index in [9.17, 15) is 9.59 Å². The number of carboxylic acids is 1. The first kappa shape index (κ1) is 14.6. The van der Waals surface area contributed by atoms with Crippen LogP contribution in [0.25, 0.3) is 0 Å². The molecule has 0 aliphatic heterocycles. The number of hydrogen-bond donors (Lipinski definition) is 2. The number of hydrogen-bond acceptors (Lipinski definition) is 2. The van der Waals surface area contributed by atoms with Crippen molar-refractivity contribution in [2.75, 3.05) is 0 Å². The summed E-state index contributed by atoms with van der Waals surface area (Å²) in [5.41, 5.74) is 1.34. The van der Waals surface area contributed by atoms with E-state index in [-0.39, 0.29) is 11.8 Å². The van der Waals surface area contributed by atoms with Gasteiger partial charge in [0.15, 0.2) is 0 Å². The molecule has 0 spiro atoms. The van der Waals surface area contributed by atoms with Gasteiger partial charge in [-0.3, -0.25) is 9.59 Å². The van der Waals surface area contributed by atoms with Crippen LogP contribution in [-0.4, -0.2) is 23.0 Å². The molecule has 20 heavy (non-hydrogen) atoms. The highest BCUT2D eigenvalue weighted by atomic mass is 16.4. The van der Waals surface area contributed by atoms with Crippen LogP contribution in [0.5, 0.6) is 0 Å². The average molecular weight is 275 g/mol. The van der Waals surface area contributed by atoms with Gasteiger partial charge >= 0.3 is 5.97 Å². The SMILES string of the molecule is C[C@@H](NC(=O)C1CCC(c2ccccc2)CC1)C(=O)O. The van der Waals surface area contributed by atoms with Gasteiger partial charge in [-0.25, -0.2) is 0 Å². The van der Waals surface area contributed by atoms with E-state index in [0.29, 0.717) is 5.92 Å². The van der Waals surface area contributed by atoms with E-state index in [4.69, 9.17) is 5.11 Å². The zero-order valence-corrected chi connectivity index (χ0v) is 11.7. The average Bonchev–Trinajstić information content (AvgIpc) is 2.48. The molecule has 4 nitrogen and oxygen atoms in total. The normalized spacial score (nSPS) is 23.9. The Kier molecular flexibility index (Phi) is 4.77. The highest BCUT2D eigenvalue weighted by Crippen LogP contribution is 2.35. The Bertz CT molecular complexity index is 464. The van der Waals surface area contributed by atoms with E-state index in [1.807, 2.05) is 18.2 Å². The third-order valence-electron chi connectivity index (χ3n) is 4.10. The van der Waals surface area contributed by atoms with E-state index in [0.717, 1.165) is 25.7 Å². The maximum Gasteiger partial charge on any atom is 0.325 e. The number of carbonyl (C=O) groups is 2. The van der Waals surface area contributed by atoms with Gasteiger partial charge in [0.05, 0.1) is 0 Å². The van der Waals surface area contributed by atoms with Crippen LogP contribution >= 0.6 is 0 Å². The van der Waals surface area contributed by atoms with Crippen LogP contribution in [0.1, 0.15) is 44.1 Å². The van der Waals surface area contributed by atoms with Crippen LogP contribution in [0.15, 0.2) is 30.3 Å². The molecule has 2 rings (SSSR count). The first-order chi connectivity index (χ1) is 9.58. The summed E-state index contributed by atoms with van der Waals surface area (Å²) in [5.74, 6) is -0.628. The molecule has 2 N–H and O–H groups in total. The number of nitrogens with one attached hydrogen (secondary N) is 1. The molecule has 1 amide bonds. The third-order valence-corrected chi connectivity index (χ3v) is 4.10. The van der Waals surface area contributed by atoms with E-state index in [1.54, 1.807) is 0 Å². The predicted molar refractivity (Wildman–Crippen MR) is 76.4 cm³/mol. The summed E-state index contributed by atoms with van der Waals surface area (Å²) < 4.78 is 0. The van der Waals surface area contributed by atoms with Gasteiger partial charge in [0.25, 0.3) is 0 Å². The fraction of sp³-hybridized carbons (Fsp3) is 0.500. The van der Waals surface area contributed by atoms with Crippen molar-refractivity contribution in [3.8, 4) is 0 Å². The molecule has 1 atom stereocenters. The summed E-state index contributed by atoms with van der Waals surface area (Å²) in [7, 11) is 0. The minimum Gasteiger partial charge on any atom is -0.480 e. The van der Waals surface area contributed by atoms with E-state index < -0.39 is 12.0 Å². The second kappa shape index (κ2) is 6.55. The first-order valence-electron chi connectivity index (χ1n) is 7.16. The fourth-order valence-electron chi connectivity index (χ4n) is 2.81. The first-order valence-corrected chi connectivity index (χ1v) is 7.16. The van der Waals surface area contributed by atoms with E-state index in [1.165, 1.54) is 12.5 Å². The van der Waals surface area contributed by atoms with Gasteiger partial charge in [-0.05, 0) is 44.1 Å². The molecule has 0 radical (unpaired) electrons. The van der Waals surface area contributed by atoms with Crippen molar-refractivity contribution >= 4 is 11.9 Å². The van der Waals surface area contributed by atoms with Crippen molar-refractivity contribution in [1.29, 1.82) is 0 Å². The quantitative estimate of drug-likeness (QED) is 0.887. The Morgan fingerprint density at radius 2 is 1.75 bits per heavy atom. The lowest BCUT2D eigenvalue weighted by atomic mass is 9.78. The molecule has 1 aromatic rings. The monoisotopic (exact) mass is 275 g/mol. The number of rotatable bonds is 4. The topological polar surface area (TPSA) is 66.4 Å². The largest absolute Gasteiger partial charge is 0.480 e. The minimum absolute atomic E-state index is 0.0447. The van der Waals surface area contributed by atoms with Gasteiger partial charge in [0, 0.05) is 5.92 Å². The molecule has 0 bridgehead atoms. The van der Waals surface area contributed by atoms with Gasteiger partial charge < -0.3 is 10.4 Å². The van der Waals surface area contributed by atoms with Gasteiger partial charge in [-0.1, -0.05) is 30.3 Å². The molecular formula is C16H21NO3. The molecule has 108 valence electrons. The molecule has 1 aliphatic rings. The van der Waals surface area contributed by atoms with Crippen LogP contribution in [0.3, 0.4) is 0 Å². The third kappa shape index (κ3) is 3.59. The Labute approximate surface area is 119 Å². The fourth-order valence-corrected chi connectivity index (χ4v) is 2.81. The number of amides is 1. The Balaban J connectivity index is 1.85. The Morgan fingerprint density at radius 3 is 2.30 bits per heavy atom. The molecule has 0 aromatic heterocycles. The Hall–Kier alpha value is -1.84. The minimum atomic E-state index is -0.990. The standard InChI is InChI=1S/C16H21NO3/c1-11(16(19)20)17-15(18)14-9-7-13(8-10-14)12-5-3-2-4-6-12/h2-6,11,13-14H,7-10H2,1H3,(H,17,18)(H,19,20)/t11-,13?,14?/m1/s1. The van der Waals surface area contributed by atoms with Gasteiger partial charge in [-0.2, -0.15) is 0 Å². The lowest BCUT2D eigenvalue weighted by Crippen LogP contribution is -2.42. The van der Waals surface area contributed by atoms with Crippen LogP contribution in [0.2, 0.25) is 0 Å². The highest BCUT2D eigenvalue weighted by molar-refractivity contribution is 5.84. The van der Waals surface area contributed by atoms with Gasteiger partial charge in [0.1, 0.15) is 6.04 Å². The number of benzene rings is 1. The second-order valence-corrected chi connectivity index (χ2v) is 5.53. The summed E-state index contributed by atoms with van der Waals surface area (Å²) in [4.78, 5) is 22.7. The molecule has 1 fully saturated rings. The molecule has 0 unspecified atom stereocenters. The van der Waals surface area contributed by atoms with Crippen LogP contribution in [-0.2, 0) is 9.59 Å². The Morgan fingerprint density at radius 1 is 1.15 bits per heavy atom. The van der Waals surface area contributed by atoms with Crippen molar-refractivity contribution in [2.24, 2.45) is 5.92 Å². The zero-order valence-electron chi connectivity index (χ0n) is 11.7. The summed E-state index contributed by atoms with van der Waals surface area (Å²) in [6.07, 6.45) is 3.64. The number of carboxylic acid groups (broad SMARTS) is 1. The molecule has 1 aromatic carbocycles. The van der Waals surface area contributed by atoms with Gasteiger partial charge in [0.2, 0.25) is 5.91 Å². The van der Waals surface area contributed by atoms with E-state index >= 15 is 0 Å². The van der Waals surface area contributed by atoms with E-state index in [2.05, 4.69) is 17.4 Å². The lowest BCUT2D eigenvalue weighted by molar-refractivity contribution is -0.142. The summed E-state index contributed by atoms with van der Waals surface area (Å²) in [5, 5.41) is 11.4. The molecule has 0 saturated heterocycles. The summed E-state index contributed by atoms with van der Waals surface area (Å²) >= 11 is 0. The van der Waals surface area contributed by atoms with Gasteiger partial charge in [-0.15, -0.1) is 0 Å². The van der Waals surface area contributed by atoms with Crippen molar-refractivity contribution in [3.05, 3.63) is 35.9 Å². The maximum atomic E-state index is 12.0. The van der Waals surface area contributed by atoms with Crippen molar-refractivity contribution in [1.82, 2.24) is 5.32 Å². The number of aliphatic carboxylic acids is 1. The maximum absolute atomic E-state index is 12.0. The molecular weight excluding hydrogens is 254 g/mol. The van der Waals surface area contributed by atoms with Crippen LogP contribution in [0, 0.1) is 5.92 Å². The molecule has 4 heteroatoms. The summed E-state index contributed by atoms with van der Waals surface area (Å²) in [6.45, 7) is 1.50. The smallest absolute Gasteiger partial charge is 0.325 e.